The molecule has 0 bridgehead atoms. The third-order valence-electron chi connectivity index (χ3n) is 3.55. The van der Waals surface area contributed by atoms with Crippen LogP contribution in [0.25, 0.3) is 22.3 Å². The number of nitrogens with zero attached hydrogens (tertiary/aromatic N) is 2. The van der Waals surface area contributed by atoms with Crippen LogP contribution >= 0.6 is 11.3 Å². The second kappa shape index (κ2) is 7.09. The molecule has 0 aliphatic carbocycles. The minimum Gasteiger partial charge on any atom is -0.507 e. The van der Waals surface area contributed by atoms with Crippen LogP contribution in [0.5, 0.6) is 11.5 Å². The third-order valence-corrected chi connectivity index (χ3v) is 4.32. The van der Waals surface area contributed by atoms with E-state index in [9.17, 15) is 5.11 Å². The molecule has 0 aliphatic rings. The molecule has 1 aromatic carbocycles. The Balaban J connectivity index is 1.93. The molecule has 0 fully saturated rings. The van der Waals surface area contributed by atoms with E-state index in [0.29, 0.717) is 35.0 Å². The first-order valence-corrected chi connectivity index (χ1v) is 9.37. The van der Waals surface area contributed by atoms with Crippen molar-refractivity contribution in [1.29, 1.82) is 0 Å². The van der Waals surface area contributed by atoms with Gasteiger partial charge in [-0.25, -0.2) is 9.97 Å². The molecule has 26 heavy (non-hydrogen) atoms. The molecule has 3 rings (SSSR count). The van der Waals surface area contributed by atoms with E-state index in [4.69, 9.17) is 10.5 Å². The van der Waals surface area contributed by atoms with Gasteiger partial charge in [0.15, 0.2) is 5.13 Å². The number of aromatic hydroxyl groups is 1. The van der Waals surface area contributed by atoms with Gasteiger partial charge in [0.25, 0.3) is 0 Å². The number of thiazole rings is 1. The molecule has 138 valence electrons. The lowest BCUT2D eigenvalue weighted by molar-refractivity contribution is 0.243. The summed E-state index contributed by atoms with van der Waals surface area (Å²) in [5.41, 5.74) is 7.54. The van der Waals surface area contributed by atoms with Gasteiger partial charge in [0, 0.05) is 34.5 Å². The van der Waals surface area contributed by atoms with E-state index in [-0.39, 0.29) is 5.75 Å². The lowest BCUT2D eigenvalue weighted by Crippen LogP contribution is -2.38. The SMILES string of the molecule is CC(C)Nc1nc(-c2cc(O)c3ccc(OCC(C)(C)N)cc3n2)cs1. The van der Waals surface area contributed by atoms with Crippen molar-refractivity contribution < 1.29 is 9.84 Å². The molecular weight excluding hydrogens is 348 g/mol. The van der Waals surface area contributed by atoms with Crippen molar-refractivity contribution in [2.75, 3.05) is 11.9 Å². The van der Waals surface area contributed by atoms with Gasteiger partial charge >= 0.3 is 0 Å². The summed E-state index contributed by atoms with van der Waals surface area (Å²) in [4.78, 5) is 9.19. The second-order valence-corrected chi connectivity index (χ2v) is 8.18. The summed E-state index contributed by atoms with van der Waals surface area (Å²) in [5, 5.41) is 17.1. The molecule has 2 aromatic heterocycles. The van der Waals surface area contributed by atoms with E-state index in [0.717, 1.165) is 10.8 Å². The van der Waals surface area contributed by atoms with Crippen LogP contribution in [0, 0.1) is 0 Å². The topological polar surface area (TPSA) is 93.3 Å². The molecule has 7 heteroatoms. The molecular formula is C19H24N4O2S. The molecule has 2 heterocycles. The molecule has 0 amide bonds. The van der Waals surface area contributed by atoms with Gasteiger partial charge in [-0.15, -0.1) is 11.3 Å². The molecule has 0 saturated carbocycles. The van der Waals surface area contributed by atoms with Gasteiger partial charge < -0.3 is 20.9 Å². The minimum atomic E-state index is -0.424. The highest BCUT2D eigenvalue weighted by Crippen LogP contribution is 2.32. The predicted molar refractivity (Wildman–Crippen MR) is 107 cm³/mol. The molecule has 0 atom stereocenters. The van der Waals surface area contributed by atoms with Gasteiger partial charge in [-0.05, 0) is 39.8 Å². The van der Waals surface area contributed by atoms with E-state index in [1.807, 2.05) is 31.4 Å². The Morgan fingerprint density at radius 3 is 2.69 bits per heavy atom. The Bertz CT molecular complexity index is 916. The number of pyridine rings is 1. The average Bonchev–Trinajstić information content (AvgIpc) is 2.99. The Morgan fingerprint density at radius 1 is 1.23 bits per heavy atom. The first-order chi connectivity index (χ1) is 12.2. The molecule has 6 nitrogen and oxygen atoms in total. The van der Waals surface area contributed by atoms with Crippen LogP contribution < -0.4 is 15.8 Å². The third kappa shape index (κ3) is 4.42. The molecule has 0 unspecified atom stereocenters. The molecule has 4 N–H and O–H groups in total. The monoisotopic (exact) mass is 372 g/mol. The molecule has 0 spiro atoms. The molecule has 0 radical (unpaired) electrons. The van der Waals surface area contributed by atoms with Crippen LogP contribution in [0.15, 0.2) is 29.6 Å². The van der Waals surface area contributed by atoms with Crippen LogP contribution in [-0.2, 0) is 0 Å². The summed E-state index contributed by atoms with van der Waals surface area (Å²) in [7, 11) is 0. The molecule has 0 aliphatic heterocycles. The van der Waals surface area contributed by atoms with Crippen LogP contribution in [0.4, 0.5) is 5.13 Å². The number of rotatable bonds is 6. The van der Waals surface area contributed by atoms with Gasteiger partial charge in [-0.2, -0.15) is 0 Å². The number of benzene rings is 1. The molecule has 0 saturated heterocycles. The lowest BCUT2D eigenvalue weighted by Gasteiger charge is -2.19. The zero-order chi connectivity index (χ0) is 18.9. The summed E-state index contributed by atoms with van der Waals surface area (Å²) in [6, 6.07) is 7.36. The van der Waals surface area contributed by atoms with E-state index >= 15 is 0 Å². The number of ether oxygens (including phenoxy) is 1. The summed E-state index contributed by atoms with van der Waals surface area (Å²) in [5.74, 6) is 0.836. The van der Waals surface area contributed by atoms with E-state index in [1.165, 1.54) is 11.3 Å². The lowest BCUT2D eigenvalue weighted by atomic mass is 10.1. The van der Waals surface area contributed by atoms with E-state index in [1.54, 1.807) is 12.1 Å². The fourth-order valence-electron chi connectivity index (χ4n) is 2.38. The van der Waals surface area contributed by atoms with Crippen LogP contribution in [0.1, 0.15) is 27.7 Å². The van der Waals surface area contributed by atoms with Crippen molar-refractivity contribution in [2.24, 2.45) is 5.73 Å². The van der Waals surface area contributed by atoms with Crippen molar-refractivity contribution in [3.63, 3.8) is 0 Å². The summed E-state index contributed by atoms with van der Waals surface area (Å²) in [6.45, 7) is 8.32. The zero-order valence-electron chi connectivity index (χ0n) is 15.4. The minimum absolute atomic E-state index is 0.169. The number of hydrogen-bond acceptors (Lipinski definition) is 7. The maximum absolute atomic E-state index is 10.4. The highest BCUT2D eigenvalue weighted by molar-refractivity contribution is 7.14. The van der Waals surface area contributed by atoms with Gasteiger partial charge in [-0.1, -0.05) is 0 Å². The number of fused-ring (bicyclic) bond motifs is 1. The first-order valence-electron chi connectivity index (χ1n) is 8.49. The van der Waals surface area contributed by atoms with Gasteiger partial charge in [0.2, 0.25) is 0 Å². The summed E-state index contributed by atoms with van der Waals surface area (Å²) in [6.07, 6.45) is 0. The maximum atomic E-state index is 10.4. The van der Waals surface area contributed by atoms with Gasteiger partial charge in [0.1, 0.15) is 23.8 Å². The van der Waals surface area contributed by atoms with Crippen LogP contribution in [0.2, 0.25) is 0 Å². The van der Waals surface area contributed by atoms with Gasteiger partial charge in [-0.3, -0.25) is 0 Å². The summed E-state index contributed by atoms with van der Waals surface area (Å²) >= 11 is 1.52. The second-order valence-electron chi connectivity index (χ2n) is 7.32. The Hall–Kier alpha value is -2.38. The van der Waals surface area contributed by atoms with Gasteiger partial charge in [0.05, 0.1) is 11.2 Å². The maximum Gasteiger partial charge on any atom is 0.183 e. The Labute approximate surface area is 157 Å². The fraction of sp³-hybridized carbons (Fsp3) is 0.368. The Kier molecular flexibility index (Phi) is 5.02. The largest absolute Gasteiger partial charge is 0.507 e. The number of anilines is 1. The highest BCUT2D eigenvalue weighted by Gasteiger charge is 2.14. The Morgan fingerprint density at radius 2 is 2.00 bits per heavy atom. The fourth-order valence-corrected chi connectivity index (χ4v) is 3.24. The van der Waals surface area contributed by atoms with Crippen molar-refractivity contribution in [3.8, 4) is 22.9 Å². The number of hydrogen-bond donors (Lipinski definition) is 3. The highest BCUT2D eigenvalue weighted by atomic mass is 32.1. The van der Waals surface area contributed by atoms with Crippen molar-refractivity contribution in [2.45, 2.75) is 39.3 Å². The number of nitrogens with one attached hydrogen (secondary N) is 1. The first kappa shape index (κ1) is 18.4. The predicted octanol–water partition coefficient (Wildman–Crippen LogP) is 4.00. The normalized spacial score (nSPS) is 11.9. The average molecular weight is 372 g/mol. The molecule has 3 aromatic rings. The number of nitrogens with two attached hydrogens (primary N) is 1. The van der Waals surface area contributed by atoms with Crippen LogP contribution in [-0.4, -0.2) is 33.3 Å². The van der Waals surface area contributed by atoms with Crippen molar-refractivity contribution in [1.82, 2.24) is 9.97 Å². The van der Waals surface area contributed by atoms with Crippen molar-refractivity contribution in [3.05, 3.63) is 29.6 Å². The standard InChI is InChI=1S/C19H24N4O2S/c1-11(2)21-18-23-16(9-26-18)15-8-17(24)13-6-5-12(7-14(13)22-15)25-10-19(3,4)20/h5-9,11H,10,20H2,1-4H3,(H,21,23)(H,22,24). The smallest absolute Gasteiger partial charge is 0.183 e. The zero-order valence-corrected chi connectivity index (χ0v) is 16.2. The van der Waals surface area contributed by atoms with Crippen LogP contribution in [0.3, 0.4) is 0 Å². The van der Waals surface area contributed by atoms with E-state index in [2.05, 4.69) is 29.1 Å². The summed E-state index contributed by atoms with van der Waals surface area (Å²) < 4.78 is 5.74. The quantitative estimate of drug-likeness (QED) is 0.605. The number of aromatic nitrogens is 2. The van der Waals surface area contributed by atoms with Crippen molar-refractivity contribution >= 4 is 27.4 Å². The van der Waals surface area contributed by atoms with E-state index < -0.39 is 5.54 Å².